The lowest BCUT2D eigenvalue weighted by Gasteiger charge is -2.31. The minimum Gasteiger partial charge on any atom is -0.480 e. The summed E-state index contributed by atoms with van der Waals surface area (Å²) in [7, 11) is 0. The van der Waals surface area contributed by atoms with E-state index in [4.69, 9.17) is 16.7 Å². The number of benzene rings is 1. The van der Waals surface area contributed by atoms with Crippen molar-refractivity contribution in [2.24, 2.45) is 0 Å². The zero-order chi connectivity index (χ0) is 12.4. The number of amides is 1. The van der Waals surface area contributed by atoms with Crippen molar-refractivity contribution >= 4 is 29.2 Å². The second-order valence-electron chi connectivity index (χ2n) is 3.76. The first-order valence-corrected chi connectivity index (χ1v) is 5.48. The predicted octanol–water partition coefficient (Wildman–Crippen LogP) is 0.729. The molecule has 1 unspecified atom stereocenters. The summed E-state index contributed by atoms with van der Waals surface area (Å²) in [6.07, 6.45) is 0. The number of rotatable bonds is 2. The summed E-state index contributed by atoms with van der Waals surface area (Å²) in [5, 5.41) is 12.1. The maximum absolute atomic E-state index is 11.7. The van der Waals surface area contributed by atoms with E-state index in [-0.39, 0.29) is 19.0 Å². The van der Waals surface area contributed by atoms with Gasteiger partial charge in [-0.15, -0.1) is 0 Å². The second kappa shape index (κ2) is 4.73. The van der Waals surface area contributed by atoms with Crippen LogP contribution in [0.3, 0.4) is 0 Å². The third-order valence-electron chi connectivity index (χ3n) is 2.58. The van der Waals surface area contributed by atoms with E-state index < -0.39 is 12.0 Å². The number of nitrogens with zero attached hydrogens (tertiary/aromatic N) is 1. The molecule has 1 aliphatic rings. The summed E-state index contributed by atoms with van der Waals surface area (Å²) in [5.41, 5.74) is 0.621. The van der Waals surface area contributed by atoms with Gasteiger partial charge in [0, 0.05) is 10.7 Å². The van der Waals surface area contributed by atoms with Crippen LogP contribution in [0, 0.1) is 0 Å². The number of piperazine rings is 1. The molecule has 0 saturated carbocycles. The number of anilines is 1. The van der Waals surface area contributed by atoms with Gasteiger partial charge in [-0.05, 0) is 18.2 Å². The van der Waals surface area contributed by atoms with Crippen LogP contribution in [0.25, 0.3) is 0 Å². The molecule has 0 aromatic heterocycles. The van der Waals surface area contributed by atoms with E-state index in [0.717, 1.165) is 0 Å². The number of nitrogens with one attached hydrogen (secondary N) is 1. The van der Waals surface area contributed by atoms with Gasteiger partial charge in [0.25, 0.3) is 0 Å². The Morgan fingerprint density at radius 3 is 2.94 bits per heavy atom. The Kier molecular flexibility index (Phi) is 3.31. The van der Waals surface area contributed by atoms with Gasteiger partial charge >= 0.3 is 5.97 Å². The highest BCUT2D eigenvalue weighted by atomic mass is 35.5. The number of hydrogen-bond acceptors (Lipinski definition) is 3. The van der Waals surface area contributed by atoms with E-state index in [1.54, 1.807) is 24.3 Å². The average Bonchev–Trinajstić information content (AvgIpc) is 2.29. The second-order valence-corrected chi connectivity index (χ2v) is 4.19. The first kappa shape index (κ1) is 11.9. The Morgan fingerprint density at radius 1 is 1.53 bits per heavy atom. The van der Waals surface area contributed by atoms with Crippen molar-refractivity contribution in [3.8, 4) is 0 Å². The molecule has 90 valence electrons. The van der Waals surface area contributed by atoms with E-state index in [9.17, 15) is 9.59 Å². The largest absolute Gasteiger partial charge is 0.480 e. The van der Waals surface area contributed by atoms with Gasteiger partial charge < -0.3 is 10.0 Å². The Bertz CT molecular complexity index is 464. The first-order chi connectivity index (χ1) is 8.08. The van der Waals surface area contributed by atoms with E-state index in [0.29, 0.717) is 10.7 Å². The van der Waals surface area contributed by atoms with Crippen LogP contribution < -0.4 is 10.2 Å². The summed E-state index contributed by atoms with van der Waals surface area (Å²) >= 11 is 5.84. The number of halogens is 1. The van der Waals surface area contributed by atoms with E-state index in [1.807, 2.05) is 0 Å². The van der Waals surface area contributed by atoms with Gasteiger partial charge in [-0.2, -0.15) is 0 Å². The highest BCUT2D eigenvalue weighted by molar-refractivity contribution is 6.30. The van der Waals surface area contributed by atoms with Crippen molar-refractivity contribution < 1.29 is 14.7 Å². The smallest absolute Gasteiger partial charge is 0.322 e. The van der Waals surface area contributed by atoms with E-state index in [1.165, 1.54) is 4.90 Å². The molecular formula is C11H11ClN2O3. The third kappa shape index (κ3) is 2.57. The van der Waals surface area contributed by atoms with Crippen molar-refractivity contribution in [2.45, 2.75) is 6.04 Å². The monoisotopic (exact) mass is 254 g/mol. The van der Waals surface area contributed by atoms with E-state index in [2.05, 4.69) is 5.32 Å². The van der Waals surface area contributed by atoms with E-state index >= 15 is 0 Å². The summed E-state index contributed by atoms with van der Waals surface area (Å²) in [4.78, 5) is 24.0. The summed E-state index contributed by atoms with van der Waals surface area (Å²) in [6, 6.07) is 6.05. The van der Waals surface area contributed by atoms with Crippen LogP contribution in [0.2, 0.25) is 5.02 Å². The molecule has 0 aliphatic carbocycles. The molecule has 1 aromatic rings. The van der Waals surface area contributed by atoms with Gasteiger partial charge in [-0.3, -0.25) is 14.9 Å². The highest BCUT2D eigenvalue weighted by Gasteiger charge is 2.30. The predicted molar refractivity (Wildman–Crippen MR) is 63.2 cm³/mol. The lowest BCUT2D eigenvalue weighted by atomic mass is 10.2. The van der Waals surface area contributed by atoms with Crippen molar-refractivity contribution in [1.29, 1.82) is 0 Å². The maximum atomic E-state index is 11.7. The first-order valence-electron chi connectivity index (χ1n) is 5.10. The van der Waals surface area contributed by atoms with Crippen molar-refractivity contribution in [3.05, 3.63) is 29.3 Å². The van der Waals surface area contributed by atoms with Gasteiger partial charge in [0.05, 0.1) is 13.1 Å². The molecule has 0 bridgehead atoms. The Balaban J connectivity index is 2.23. The normalized spacial score (nSPS) is 20.4. The molecule has 1 aliphatic heterocycles. The van der Waals surface area contributed by atoms with Crippen molar-refractivity contribution in [3.63, 3.8) is 0 Å². The van der Waals surface area contributed by atoms with Crippen LogP contribution >= 0.6 is 11.6 Å². The van der Waals surface area contributed by atoms with Gasteiger partial charge in [0.15, 0.2) is 0 Å². The molecule has 17 heavy (non-hydrogen) atoms. The average molecular weight is 255 g/mol. The van der Waals surface area contributed by atoms with Crippen LogP contribution in [0.4, 0.5) is 5.69 Å². The maximum Gasteiger partial charge on any atom is 0.322 e. The van der Waals surface area contributed by atoms with Gasteiger partial charge in [0.1, 0.15) is 6.04 Å². The number of hydrogen-bond donors (Lipinski definition) is 2. The summed E-state index contributed by atoms with van der Waals surface area (Å²) < 4.78 is 0. The summed E-state index contributed by atoms with van der Waals surface area (Å²) in [6.45, 7) is 0.123. The summed E-state index contributed by atoms with van der Waals surface area (Å²) in [5.74, 6) is -1.13. The molecule has 6 heteroatoms. The Morgan fingerprint density at radius 2 is 2.29 bits per heavy atom. The zero-order valence-corrected chi connectivity index (χ0v) is 9.65. The zero-order valence-electron chi connectivity index (χ0n) is 8.89. The number of aliphatic carboxylic acids is 1. The molecule has 5 nitrogen and oxygen atoms in total. The SMILES string of the molecule is O=C(O)C1CN(c2cccc(Cl)c2)C(=O)CN1. The molecule has 1 heterocycles. The number of carbonyl (C=O) groups excluding carboxylic acids is 1. The van der Waals surface area contributed by atoms with Crippen molar-refractivity contribution in [1.82, 2.24) is 5.32 Å². The Labute approximate surface area is 103 Å². The molecule has 0 spiro atoms. The highest BCUT2D eigenvalue weighted by Crippen LogP contribution is 2.21. The lowest BCUT2D eigenvalue weighted by Crippen LogP contribution is -2.57. The molecular weight excluding hydrogens is 244 g/mol. The molecule has 1 amide bonds. The van der Waals surface area contributed by atoms with Crippen LogP contribution in [-0.4, -0.2) is 36.1 Å². The molecule has 1 atom stereocenters. The standard InChI is InChI=1S/C11H11ClN2O3/c12-7-2-1-3-8(4-7)14-6-9(11(16)17)13-5-10(14)15/h1-4,9,13H,5-6H2,(H,16,17). The third-order valence-corrected chi connectivity index (χ3v) is 2.82. The van der Waals surface area contributed by atoms with Crippen LogP contribution in [0.15, 0.2) is 24.3 Å². The quantitative estimate of drug-likeness (QED) is 0.816. The molecule has 2 N–H and O–H groups in total. The molecule has 1 fully saturated rings. The minimum absolute atomic E-state index is 0.0173. The number of carbonyl (C=O) groups is 2. The molecule has 0 radical (unpaired) electrons. The van der Waals surface area contributed by atoms with Gasteiger partial charge in [-0.1, -0.05) is 17.7 Å². The van der Waals surface area contributed by atoms with Crippen LogP contribution in [0.1, 0.15) is 0 Å². The van der Waals surface area contributed by atoms with Gasteiger partial charge in [0.2, 0.25) is 5.91 Å². The van der Waals surface area contributed by atoms with Crippen LogP contribution in [0.5, 0.6) is 0 Å². The molecule has 1 saturated heterocycles. The topological polar surface area (TPSA) is 69.6 Å². The fourth-order valence-corrected chi connectivity index (χ4v) is 1.90. The molecule has 1 aromatic carbocycles. The lowest BCUT2D eigenvalue weighted by molar-refractivity contribution is -0.139. The Hall–Kier alpha value is -1.59. The number of carboxylic acid groups (broad SMARTS) is 1. The fourth-order valence-electron chi connectivity index (χ4n) is 1.71. The van der Waals surface area contributed by atoms with Crippen LogP contribution in [-0.2, 0) is 9.59 Å². The fraction of sp³-hybridized carbons (Fsp3) is 0.273. The molecule has 2 rings (SSSR count). The number of carboxylic acids is 1. The van der Waals surface area contributed by atoms with Gasteiger partial charge in [-0.25, -0.2) is 0 Å². The minimum atomic E-state index is -0.968. The van der Waals surface area contributed by atoms with Crippen molar-refractivity contribution in [2.75, 3.05) is 18.0 Å².